The molecule has 4 bridgehead atoms. The quantitative estimate of drug-likeness (QED) is 0.817. The number of benzene rings is 1. The van der Waals surface area contributed by atoms with Crippen molar-refractivity contribution in [2.75, 3.05) is 0 Å². The highest BCUT2D eigenvalue weighted by Gasteiger charge is 2.58. The van der Waals surface area contributed by atoms with Crippen molar-refractivity contribution in [3.8, 4) is 0 Å². The van der Waals surface area contributed by atoms with Crippen LogP contribution in [0.15, 0.2) is 24.3 Å². The van der Waals surface area contributed by atoms with Gasteiger partial charge in [0.05, 0.1) is 5.60 Å². The molecule has 4 aliphatic carbocycles. The third-order valence-corrected chi connectivity index (χ3v) is 7.24. The van der Waals surface area contributed by atoms with Gasteiger partial charge in [-0.2, -0.15) is 0 Å². The molecule has 3 heteroatoms. The lowest BCUT2D eigenvalue weighted by Crippen LogP contribution is -2.62. The van der Waals surface area contributed by atoms with Gasteiger partial charge in [-0.15, -0.1) is 0 Å². The van der Waals surface area contributed by atoms with Crippen LogP contribution in [-0.4, -0.2) is 22.8 Å². The van der Waals surface area contributed by atoms with Crippen LogP contribution in [0.1, 0.15) is 57.9 Å². The molecular formula is C21H30ClNO. The molecule has 0 aliphatic heterocycles. The van der Waals surface area contributed by atoms with E-state index in [2.05, 4.69) is 31.3 Å². The first kappa shape index (κ1) is 16.9. The molecule has 0 unspecified atom stereocenters. The molecule has 0 saturated heterocycles. The zero-order valence-electron chi connectivity index (χ0n) is 14.9. The summed E-state index contributed by atoms with van der Waals surface area (Å²) < 4.78 is 0. The highest BCUT2D eigenvalue weighted by Crippen LogP contribution is 2.62. The highest BCUT2D eigenvalue weighted by atomic mass is 35.5. The Morgan fingerprint density at radius 2 is 1.75 bits per heavy atom. The molecule has 4 saturated carbocycles. The van der Waals surface area contributed by atoms with E-state index >= 15 is 0 Å². The van der Waals surface area contributed by atoms with Crippen LogP contribution in [0, 0.1) is 17.3 Å². The maximum atomic E-state index is 11.0. The summed E-state index contributed by atoms with van der Waals surface area (Å²) in [6.07, 6.45) is 8.12. The highest BCUT2D eigenvalue weighted by molar-refractivity contribution is 6.30. The summed E-state index contributed by atoms with van der Waals surface area (Å²) in [5.74, 6) is 1.51. The third kappa shape index (κ3) is 3.13. The Hall–Kier alpha value is -0.570. The second-order valence-electron chi connectivity index (χ2n) is 9.17. The van der Waals surface area contributed by atoms with Gasteiger partial charge in [0.25, 0.3) is 0 Å². The molecule has 1 aromatic rings. The van der Waals surface area contributed by atoms with Crippen molar-refractivity contribution in [3.05, 3.63) is 34.9 Å². The normalized spacial score (nSPS) is 39.8. The lowest BCUT2D eigenvalue weighted by atomic mass is 9.46. The second-order valence-corrected chi connectivity index (χ2v) is 9.60. The van der Waals surface area contributed by atoms with E-state index in [1.807, 2.05) is 12.1 Å². The Morgan fingerprint density at radius 1 is 1.12 bits per heavy atom. The van der Waals surface area contributed by atoms with Gasteiger partial charge in [0.2, 0.25) is 0 Å². The number of hydrogen-bond acceptors (Lipinski definition) is 2. The van der Waals surface area contributed by atoms with Gasteiger partial charge < -0.3 is 10.4 Å². The van der Waals surface area contributed by atoms with E-state index in [4.69, 9.17) is 11.6 Å². The summed E-state index contributed by atoms with van der Waals surface area (Å²) in [5.41, 5.74) is 1.28. The zero-order chi connectivity index (χ0) is 16.9. The fourth-order valence-corrected chi connectivity index (χ4v) is 6.55. The summed E-state index contributed by atoms with van der Waals surface area (Å²) in [6, 6.07) is 9.10. The first-order valence-corrected chi connectivity index (χ1v) is 9.97. The molecule has 24 heavy (non-hydrogen) atoms. The predicted molar refractivity (Wildman–Crippen MR) is 99.3 cm³/mol. The number of hydrogen-bond donors (Lipinski definition) is 2. The summed E-state index contributed by atoms with van der Waals surface area (Å²) in [4.78, 5) is 0. The first-order valence-electron chi connectivity index (χ1n) is 9.59. The monoisotopic (exact) mass is 347 g/mol. The second kappa shape index (κ2) is 6.00. The van der Waals surface area contributed by atoms with Crippen LogP contribution in [0.4, 0.5) is 0 Å². The lowest BCUT2D eigenvalue weighted by Gasteiger charge is -2.62. The molecule has 2 nitrogen and oxygen atoms in total. The van der Waals surface area contributed by atoms with Crippen molar-refractivity contribution in [2.24, 2.45) is 17.3 Å². The average Bonchev–Trinajstić information content (AvgIpc) is 2.47. The molecule has 0 radical (unpaired) electrons. The molecule has 0 aromatic heterocycles. The lowest BCUT2D eigenvalue weighted by molar-refractivity contribution is -0.172. The van der Waals surface area contributed by atoms with Crippen molar-refractivity contribution < 1.29 is 5.11 Å². The van der Waals surface area contributed by atoms with E-state index in [9.17, 15) is 5.11 Å². The Bertz CT molecular complexity index is 584. The summed E-state index contributed by atoms with van der Waals surface area (Å²) >= 11 is 5.98. The topological polar surface area (TPSA) is 32.3 Å². The Morgan fingerprint density at radius 3 is 2.33 bits per heavy atom. The van der Waals surface area contributed by atoms with E-state index in [0.29, 0.717) is 17.5 Å². The molecule has 5 rings (SSSR count). The van der Waals surface area contributed by atoms with E-state index in [0.717, 1.165) is 42.5 Å². The van der Waals surface area contributed by atoms with Crippen LogP contribution in [0.2, 0.25) is 5.02 Å². The van der Waals surface area contributed by atoms with Gasteiger partial charge in [-0.25, -0.2) is 0 Å². The predicted octanol–water partition coefficient (Wildman–Crippen LogP) is 4.58. The van der Waals surface area contributed by atoms with Gasteiger partial charge in [-0.3, -0.25) is 0 Å². The van der Waals surface area contributed by atoms with Gasteiger partial charge in [-0.1, -0.05) is 23.7 Å². The van der Waals surface area contributed by atoms with E-state index in [-0.39, 0.29) is 5.60 Å². The van der Waals surface area contributed by atoms with Crippen LogP contribution < -0.4 is 5.32 Å². The van der Waals surface area contributed by atoms with Crippen molar-refractivity contribution in [1.29, 1.82) is 0 Å². The molecule has 4 atom stereocenters. The van der Waals surface area contributed by atoms with E-state index in [1.54, 1.807) is 0 Å². The minimum Gasteiger partial charge on any atom is -0.390 e. The maximum absolute atomic E-state index is 11.0. The van der Waals surface area contributed by atoms with Gasteiger partial charge >= 0.3 is 0 Å². The number of nitrogens with one attached hydrogen (secondary N) is 1. The van der Waals surface area contributed by atoms with Gasteiger partial charge in [0.1, 0.15) is 0 Å². The van der Waals surface area contributed by atoms with E-state index in [1.165, 1.54) is 24.8 Å². The Kier molecular flexibility index (Phi) is 4.22. The minimum atomic E-state index is -0.362. The standard InChI is InChI=1S/C21H30ClNO/c1-14(7-16-3-5-19(22)6-4-16)23-15(2)20-9-17-8-18(10-20)12-21(24,11-17)13-20/h3-6,14-15,17-18,23-24H,7-13H2,1-2H3/t14-,15-,17+,18+,20?,21?/m0/s1. The van der Waals surface area contributed by atoms with Crippen LogP contribution in [0.3, 0.4) is 0 Å². The maximum Gasteiger partial charge on any atom is 0.0659 e. The molecule has 1 aromatic carbocycles. The largest absolute Gasteiger partial charge is 0.390 e. The number of aliphatic hydroxyl groups is 1. The van der Waals surface area contributed by atoms with Gasteiger partial charge in [-0.05, 0) is 93.7 Å². The number of halogens is 1. The third-order valence-electron chi connectivity index (χ3n) is 6.98. The van der Waals surface area contributed by atoms with Crippen LogP contribution >= 0.6 is 11.6 Å². The average molecular weight is 348 g/mol. The van der Waals surface area contributed by atoms with Crippen LogP contribution in [0.25, 0.3) is 0 Å². The molecular weight excluding hydrogens is 318 g/mol. The van der Waals surface area contributed by atoms with E-state index < -0.39 is 0 Å². The van der Waals surface area contributed by atoms with Crippen molar-refractivity contribution >= 4 is 11.6 Å². The zero-order valence-corrected chi connectivity index (χ0v) is 15.6. The minimum absolute atomic E-state index is 0.313. The van der Waals surface area contributed by atoms with Gasteiger partial charge in [0.15, 0.2) is 0 Å². The molecule has 132 valence electrons. The summed E-state index contributed by atoms with van der Waals surface area (Å²) in [5, 5.41) is 15.6. The molecule has 0 spiro atoms. The smallest absolute Gasteiger partial charge is 0.0659 e. The fraction of sp³-hybridized carbons (Fsp3) is 0.714. The Labute approximate surface area is 151 Å². The fourth-order valence-electron chi connectivity index (χ4n) is 6.43. The van der Waals surface area contributed by atoms with Crippen molar-refractivity contribution in [2.45, 2.75) is 76.5 Å². The first-order chi connectivity index (χ1) is 11.4. The molecule has 0 amide bonds. The van der Waals surface area contributed by atoms with Crippen LogP contribution in [0.5, 0.6) is 0 Å². The van der Waals surface area contributed by atoms with Crippen molar-refractivity contribution in [3.63, 3.8) is 0 Å². The van der Waals surface area contributed by atoms with Crippen molar-refractivity contribution in [1.82, 2.24) is 5.32 Å². The SMILES string of the molecule is C[C@H](N[C@@H](C)Cc1ccc(Cl)cc1)C12C[C@H]3C[C@@H](CC(O)(C3)C1)C2. The summed E-state index contributed by atoms with van der Waals surface area (Å²) in [7, 11) is 0. The summed E-state index contributed by atoms with van der Waals surface area (Å²) in [6.45, 7) is 4.63. The molecule has 4 fully saturated rings. The van der Waals surface area contributed by atoms with Crippen LogP contribution in [-0.2, 0) is 6.42 Å². The number of rotatable bonds is 5. The molecule has 4 aliphatic rings. The Balaban J connectivity index is 1.42. The molecule has 0 heterocycles. The van der Waals surface area contributed by atoms with Gasteiger partial charge in [0, 0.05) is 17.1 Å². The molecule has 2 N–H and O–H groups in total.